The molecule has 0 saturated carbocycles. The number of halogens is 1. The summed E-state index contributed by atoms with van der Waals surface area (Å²) in [6.45, 7) is 12.1. The molecule has 280 valence electrons. The molecule has 1 aliphatic carbocycles. The lowest BCUT2D eigenvalue weighted by Crippen LogP contribution is -2.05. The number of rotatable bonds is 13. The maximum Gasteiger partial charge on any atom is 0.164 e. The molecule has 4 aromatic carbocycles. The van der Waals surface area contributed by atoms with Gasteiger partial charge in [-0.2, -0.15) is 0 Å². The van der Waals surface area contributed by atoms with Gasteiger partial charge in [0.2, 0.25) is 0 Å². The highest BCUT2D eigenvalue weighted by Gasteiger charge is 2.17. The molecule has 0 radical (unpaired) electrons. The lowest BCUT2D eigenvalue weighted by molar-refractivity contribution is 0.956. The molecule has 0 fully saturated rings. The van der Waals surface area contributed by atoms with Gasteiger partial charge in [0, 0.05) is 44.0 Å². The number of benzene rings is 4. The lowest BCUT2D eigenvalue weighted by Gasteiger charge is -2.14. The first-order chi connectivity index (χ1) is 28.0. The molecule has 2 aromatic heterocycles. The van der Waals surface area contributed by atoms with Crippen molar-refractivity contribution >= 4 is 28.3 Å². The third-order valence-electron chi connectivity index (χ3n) is 9.49. The Hall–Kier alpha value is -6.63. The normalized spacial score (nSPS) is 13.1. The smallest absolute Gasteiger partial charge is 0.164 e. The zero-order valence-corrected chi connectivity index (χ0v) is 33.0. The van der Waals surface area contributed by atoms with Crippen LogP contribution in [-0.4, -0.2) is 29.9 Å². The second-order valence-corrected chi connectivity index (χ2v) is 13.9. The number of aromatic nitrogens is 6. The molecule has 1 aliphatic rings. The third-order valence-corrected chi connectivity index (χ3v) is 9.80. The fraction of sp³-hybridized carbons (Fsp3) is 0.120. The van der Waals surface area contributed by atoms with E-state index in [0.29, 0.717) is 40.0 Å². The first kappa shape index (κ1) is 38.6. The number of unbranched alkanes of at least 4 members (excludes halogenated alkanes) is 1. The van der Waals surface area contributed by atoms with Crippen LogP contribution in [0, 0.1) is 0 Å². The van der Waals surface area contributed by atoms with Crippen molar-refractivity contribution in [2.75, 3.05) is 0 Å². The molecule has 57 heavy (non-hydrogen) atoms. The Morgan fingerprint density at radius 3 is 1.84 bits per heavy atom. The number of nitrogens with zero attached hydrogens (tertiary/aromatic N) is 6. The van der Waals surface area contributed by atoms with Gasteiger partial charge in [-0.15, -0.1) is 0 Å². The van der Waals surface area contributed by atoms with Crippen molar-refractivity contribution in [1.82, 2.24) is 29.9 Å². The molecule has 0 saturated heterocycles. The summed E-state index contributed by atoms with van der Waals surface area (Å²) < 4.78 is 0. The first-order valence-electron chi connectivity index (χ1n) is 19.2. The summed E-state index contributed by atoms with van der Waals surface area (Å²) in [5.74, 6) is 3.63. The molecule has 0 bridgehead atoms. The van der Waals surface area contributed by atoms with E-state index < -0.39 is 0 Å². The molecule has 0 N–H and O–H groups in total. The van der Waals surface area contributed by atoms with E-state index in [1.807, 2.05) is 85.8 Å². The van der Waals surface area contributed by atoms with E-state index >= 15 is 0 Å². The van der Waals surface area contributed by atoms with Gasteiger partial charge < -0.3 is 0 Å². The molecule has 0 atom stereocenters. The summed E-state index contributed by atoms with van der Waals surface area (Å²) in [7, 11) is 0. The molecule has 0 aliphatic heterocycles. The van der Waals surface area contributed by atoms with Gasteiger partial charge in [-0.1, -0.05) is 184 Å². The zero-order chi connectivity index (χ0) is 39.6. The van der Waals surface area contributed by atoms with E-state index in [2.05, 4.69) is 86.9 Å². The van der Waals surface area contributed by atoms with Crippen LogP contribution in [0.5, 0.6) is 0 Å². The number of hydrogen-bond acceptors (Lipinski definition) is 6. The van der Waals surface area contributed by atoms with Gasteiger partial charge in [0.15, 0.2) is 34.9 Å². The highest BCUT2D eigenvalue weighted by atomic mass is 35.5. The SMILES string of the molecule is C=C/C=C(\C=C/C)c1nc(C2=CCCC=C2)nc(-c2ccc(-c3c(Cl)cccc3-c3ccc(-c4nc(/C(C=C)=C/CCC)nc(-c5ccccc5)n4)cc3)cc2)n1. The second-order valence-electron chi connectivity index (χ2n) is 13.4. The van der Waals surface area contributed by atoms with E-state index in [-0.39, 0.29) is 0 Å². The van der Waals surface area contributed by atoms with Crippen LogP contribution in [0.25, 0.3) is 73.1 Å². The Bertz CT molecular complexity index is 2560. The van der Waals surface area contributed by atoms with E-state index in [0.717, 1.165) is 81.3 Å². The Morgan fingerprint density at radius 2 is 1.25 bits per heavy atom. The Balaban J connectivity index is 1.24. The van der Waals surface area contributed by atoms with Gasteiger partial charge >= 0.3 is 0 Å². The van der Waals surface area contributed by atoms with E-state index in [1.165, 1.54) is 0 Å². The zero-order valence-electron chi connectivity index (χ0n) is 32.2. The van der Waals surface area contributed by atoms with Crippen molar-refractivity contribution in [3.63, 3.8) is 0 Å². The number of hydrogen-bond donors (Lipinski definition) is 0. The minimum absolute atomic E-state index is 0.590. The summed E-state index contributed by atoms with van der Waals surface area (Å²) in [6, 6.07) is 32.5. The molecule has 7 rings (SSSR count). The summed E-state index contributed by atoms with van der Waals surface area (Å²) in [5, 5.41) is 0.654. The highest BCUT2D eigenvalue weighted by Crippen LogP contribution is 2.39. The van der Waals surface area contributed by atoms with Crippen LogP contribution in [0.4, 0.5) is 0 Å². The van der Waals surface area contributed by atoms with Crippen molar-refractivity contribution in [3.8, 4) is 56.4 Å². The summed E-state index contributed by atoms with van der Waals surface area (Å²) in [6.07, 6.45) is 21.9. The van der Waals surface area contributed by atoms with Crippen molar-refractivity contribution in [2.45, 2.75) is 39.5 Å². The van der Waals surface area contributed by atoms with Crippen LogP contribution >= 0.6 is 11.6 Å². The first-order valence-corrected chi connectivity index (χ1v) is 19.6. The van der Waals surface area contributed by atoms with Crippen molar-refractivity contribution in [3.05, 3.63) is 187 Å². The van der Waals surface area contributed by atoms with Crippen LogP contribution < -0.4 is 0 Å². The summed E-state index contributed by atoms with van der Waals surface area (Å²) in [4.78, 5) is 29.4. The number of allylic oxidation sites excluding steroid dienone is 12. The molecule has 7 heteroatoms. The van der Waals surface area contributed by atoms with E-state index in [9.17, 15) is 0 Å². The van der Waals surface area contributed by atoms with Crippen LogP contribution in [0.15, 0.2) is 165 Å². The summed E-state index contributed by atoms with van der Waals surface area (Å²) in [5.41, 5.74) is 9.34. The monoisotopic (exact) mass is 762 g/mol. The van der Waals surface area contributed by atoms with E-state index in [1.54, 1.807) is 6.08 Å². The van der Waals surface area contributed by atoms with Gasteiger partial charge in [0.25, 0.3) is 0 Å². The average molecular weight is 763 g/mol. The van der Waals surface area contributed by atoms with Gasteiger partial charge in [-0.3, -0.25) is 0 Å². The minimum Gasteiger partial charge on any atom is -0.208 e. The van der Waals surface area contributed by atoms with Gasteiger partial charge in [-0.05, 0) is 48.9 Å². The Kier molecular flexibility index (Phi) is 12.4. The van der Waals surface area contributed by atoms with Crippen molar-refractivity contribution in [1.29, 1.82) is 0 Å². The molecular formula is C50H43ClN6. The second kappa shape index (κ2) is 18.3. The maximum atomic E-state index is 6.99. The van der Waals surface area contributed by atoms with Gasteiger partial charge in [0.1, 0.15) is 0 Å². The van der Waals surface area contributed by atoms with Gasteiger partial charge in [0.05, 0.1) is 0 Å². The topological polar surface area (TPSA) is 77.3 Å². The quantitative estimate of drug-likeness (QED) is 0.109. The Morgan fingerprint density at radius 1 is 0.649 bits per heavy atom. The molecular weight excluding hydrogens is 720 g/mol. The lowest BCUT2D eigenvalue weighted by atomic mass is 9.93. The molecule has 0 spiro atoms. The minimum atomic E-state index is 0.590. The van der Waals surface area contributed by atoms with Crippen molar-refractivity contribution in [2.24, 2.45) is 0 Å². The van der Waals surface area contributed by atoms with Crippen LogP contribution in [0.1, 0.15) is 57.0 Å². The summed E-state index contributed by atoms with van der Waals surface area (Å²) >= 11 is 6.99. The largest absolute Gasteiger partial charge is 0.208 e. The average Bonchev–Trinajstić information content (AvgIpc) is 3.27. The predicted molar refractivity (Wildman–Crippen MR) is 238 cm³/mol. The standard InChI is InChI=1S/C50H43ClN6/c1-5-9-19-34(8-4)45-52-47(38-20-12-10-13-21-38)56-49(53-45)40-30-26-35(27-31-40)42-24-16-25-43(51)44(42)36-28-32-41(33-29-36)50-55-46(37(17-6-2)18-7-3)54-48(57-50)39-22-14-11-15-23-39/h6-8,10,12-14,16-33H,2,4-5,9,11,15H2,1,3H3/b18-7-,34-19+,37-17+. The fourth-order valence-electron chi connectivity index (χ4n) is 6.61. The molecule has 0 unspecified atom stereocenters. The van der Waals surface area contributed by atoms with Crippen molar-refractivity contribution < 1.29 is 0 Å². The fourth-order valence-corrected chi connectivity index (χ4v) is 6.90. The van der Waals surface area contributed by atoms with Crippen LogP contribution in [0.2, 0.25) is 5.02 Å². The van der Waals surface area contributed by atoms with Crippen LogP contribution in [0.3, 0.4) is 0 Å². The molecule has 0 amide bonds. The molecule has 2 heterocycles. The van der Waals surface area contributed by atoms with Crippen LogP contribution in [-0.2, 0) is 0 Å². The Labute approximate surface area is 340 Å². The third kappa shape index (κ3) is 8.93. The molecule has 6 aromatic rings. The van der Waals surface area contributed by atoms with Gasteiger partial charge in [-0.25, -0.2) is 29.9 Å². The highest BCUT2D eigenvalue weighted by molar-refractivity contribution is 6.34. The predicted octanol–water partition coefficient (Wildman–Crippen LogP) is 13.3. The maximum absolute atomic E-state index is 6.99. The van der Waals surface area contributed by atoms with E-state index in [4.69, 9.17) is 41.5 Å². The molecule has 6 nitrogen and oxygen atoms in total.